The molecule has 0 atom stereocenters. The van der Waals surface area contributed by atoms with Crippen LogP contribution < -0.4 is 21.3 Å². The molecule has 1 spiro atoms. The first-order valence-corrected chi connectivity index (χ1v) is 19.1. The van der Waals surface area contributed by atoms with Crippen LogP contribution in [0, 0.1) is 0 Å². The third-order valence-electron chi connectivity index (χ3n) is 10.6. The zero-order valence-electron chi connectivity index (χ0n) is 30.4. The Labute approximate surface area is 320 Å². The molecule has 12 nitrogen and oxygen atoms in total. The van der Waals surface area contributed by atoms with Gasteiger partial charge in [-0.15, -0.1) is 0 Å². The summed E-state index contributed by atoms with van der Waals surface area (Å²) in [6.07, 6.45) is 7.38. The highest BCUT2D eigenvalue weighted by atomic mass is 35.5. The predicted molar refractivity (Wildman–Crippen MR) is 210 cm³/mol. The van der Waals surface area contributed by atoms with Crippen LogP contribution in [0.15, 0.2) is 48.8 Å². The molecular formula is C39H46Cl2N10O2. The normalized spacial score (nSPS) is 17.6. The third-order valence-corrected chi connectivity index (χ3v) is 11.4. The number of likely N-dealkylation sites (tertiary alicyclic amines) is 2. The van der Waals surface area contributed by atoms with E-state index in [0.29, 0.717) is 60.5 Å². The Hall–Kier alpha value is -4.20. The summed E-state index contributed by atoms with van der Waals surface area (Å²) in [7, 11) is 1.96. The number of anilines is 2. The van der Waals surface area contributed by atoms with Crippen LogP contribution in [0.3, 0.4) is 0 Å². The quantitative estimate of drug-likeness (QED) is 0.112. The number of hydrogen-bond donors (Lipinski definition) is 4. The first-order valence-electron chi connectivity index (χ1n) is 18.4. The second-order valence-electron chi connectivity index (χ2n) is 14.4. The van der Waals surface area contributed by atoms with Crippen molar-refractivity contribution >= 4 is 47.0 Å². The zero-order valence-corrected chi connectivity index (χ0v) is 31.9. The lowest BCUT2D eigenvalue weighted by molar-refractivity contribution is -0.120. The molecule has 0 radical (unpaired) electrons. The van der Waals surface area contributed by atoms with Gasteiger partial charge >= 0.3 is 0 Å². The molecule has 0 bridgehead atoms. The Morgan fingerprint density at radius 2 is 1.32 bits per heavy atom. The number of nitrogens with zero attached hydrogens (tertiary/aromatic N) is 6. The average molecular weight is 758 g/mol. The van der Waals surface area contributed by atoms with Gasteiger partial charge < -0.3 is 26.1 Å². The molecule has 0 saturated carbocycles. The van der Waals surface area contributed by atoms with E-state index in [0.717, 1.165) is 90.6 Å². The van der Waals surface area contributed by atoms with Gasteiger partial charge in [0.15, 0.2) is 0 Å². The van der Waals surface area contributed by atoms with E-state index >= 15 is 0 Å². The van der Waals surface area contributed by atoms with E-state index < -0.39 is 0 Å². The maximum absolute atomic E-state index is 11.8. The van der Waals surface area contributed by atoms with Crippen molar-refractivity contribution in [3.05, 3.63) is 70.2 Å². The van der Waals surface area contributed by atoms with Crippen LogP contribution in [0.5, 0.6) is 0 Å². The lowest BCUT2D eigenvalue weighted by Gasteiger charge is -2.50. The van der Waals surface area contributed by atoms with E-state index in [2.05, 4.69) is 31.1 Å². The largest absolute Gasteiger partial charge is 0.369 e. The van der Waals surface area contributed by atoms with Crippen LogP contribution in [-0.2, 0) is 22.7 Å². The summed E-state index contributed by atoms with van der Waals surface area (Å²) >= 11 is 14.4. The lowest BCUT2D eigenvalue weighted by atomic mass is 9.85. The highest BCUT2D eigenvalue weighted by Gasteiger charge is 2.47. The standard InChI is InChI=1S/C39H46Cl2N10O2/c1-4-43-36-31(19-50-21-38(22-50,42-3)14-8-16-52)45-17-29(47-36)27-11-6-9-25(34(27)40)26-10-7-12-28(35(26)41)30-18-46-32(37(48-30)44-5-2)20-51-23-39(24-51)15-13-33(53)49-39/h6-7,9-12,16-18,42H,4-5,8,13-15,19-24H2,1-3H3,(H,43,47)(H,44,48)(H,49,53). The van der Waals surface area contributed by atoms with Crippen molar-refractivity contribution in [1.82, 2.24) is 40.4 Å². The van der Waals surface area contributed by atoms with Gasteiger partial charge in [0.25, 0.3) is 0 Å². The molecule has 3 aliphatic heterocycles. The minimum Gasteiger partial charge on any atom is -0.369 e. The first-order chi connectivity index (χ1) is 25.7. The fourth-order valence-corrected chi connectivity index (χ4v) is 8.52. The van der Waals surface area contributed by atoms with Crippen molar-refractivity contribution in [2.45, 2.75) is 63.7 Å². The van der Waals surface area contributed by atoms with Crippen molar-refractivity contribution in [3.63, 3.8) is 0 Å². The molecular weight excluding hydrogens is 711 g/mol. The Balaban J connectivity index is 1.12. The van der Waals surface area contributed by atoms with Crippen molar-refractivity contribution in [2.24, 2.45) is 0 Å². The second kappa shape index (κ2) is 15.6. The fourth-order valence-electron chi connectivity index (χ4n) is 7.87. The molecule has 0 unspecified atom stereocenters. The Kier molecular flexibility index (Phi) is 11.0. The number of aldehydes is 1. The number of carbonyl (C=O) groups is 2. The smallest absolute Gasteiger partial charge is 0.220 e. The van der Waals surface area contributed by atoms with E-state index in [1.807, 2.05) is 57.3 Å². The van der Waals surface area contributed by atoms with Gasteiger partial charge in [0.2, 0.25) is 5.91 Å². The monoisotopic (exact) mass is 756 g/mol. The molecule has 14 heteroatoms. The van der Waals surface area contributed by atoms with E-state index in [1.54, 1.807) is 12.4 Å². The maximum atomic E-state index is 11.8. The van der Waals surface area contributed by atoms with Crippen molar-refractivity contribution < 1.29 is 9.59 Å². The van der Waals surface area contributed by atoms with Gasteiger partial charge in [0.05, 0.1) is 50.8 Å². The maximum Gasteiger partial charge on any atom is 0.220 e. The highest BCUT2D eigenvalue weighted by Crippen LogP contribution is 2.42. The average Bonchev–Trinajstić information content (AvgIpc) is 3.52. The molecule has 5 heterocycles. The zero-order chi connectivity index (χ0) is 37.2. The molecule has 3 fully saturated rings. The molecule has 4 N–H and O–H groups in total. The number of carbonyl (C=O) groups excluding carboxylic acids is 2. The summed E-state index contributed by atoms with van der Waals surface area (Å²) in [6, 6.07) is 11.7. The number of aromatic nitrogens is 4. The van der Waals surface area contributed by atoms with Gasteiger partial charge in [-0.05, 0) is 33.7 Å². The topological polar surface area (TPSA) is 140 Å². The Morgan fingerprint density at radius 1 is 0.811 bits per heavy atom. The molecule has 278 valence electrons. The molecule has 2 aromatic heterocycles. The molecule has 2 aromatic carbocycles. The van der Waals surface area contributed by atoms with E-state index in [9.17, 15) is 9.59 Å². The molecule has 3 aliphatic rings. The minimum absolute atomic E-state index is 0.0427. The summed E-state index contributed by atoms with van der Waals surface area (Å²) in [5.74, 6) is 1.58. The molecule has 0 aliphatic carbocycles. The van der Waals surface area contributed by atoms with Crippen LogP contribution in [0.25, 0.3) is 33.6 Å². The molecule has 1 amide bonds. The molecule has 7 rings (SSSR count). The summed E-state index contributed by atoms with van der Waals surface area (Å²) < 4.78 is 0. The number of halogens is 2. The second-order valence-corrected chi connectivity index (χ2v) is 15.1. The van der Waals surface area contributed by atoms with Crippen molar-refractivity contribution in [2.75, 3.05) is 56.9 Å². The molecule has 3 saturated heterocycles. The number of benzene rings is 2. The number of likely N-dealkylation sites (N-methyl/N-ethyl adjacent to an activating group) is 1. The summed E-state index contributed by atoms with van der Waals surface area (Å²) in [4.78, 5) is 47.1. The van der Waals surface area contributed by atoms with Crippen molar-refractivity contribution in [1.29, 1.82) is 0 Å². The number of hydrogen-bond acceptors (Lipinski definition) is 11. The minimum atomic E-state index is -0.0893. The Bertz CT molecular complexity index is 2000. The molecule has 53 heavy (non-hydrogen) atoms. The lowest BCUT2D eigenvalue weighted by Crippen LogP contribution is -2.67. The van der Waals surface area contributed by atoms with Crippen LogP contribution in [0.4, 0.5) is 11.6 Å². The third kappa shape index (κ3) is 7.61. The van der Waals surface area contributed by atoms with Gasteiger partial charge in [0.1, 0.15) is 17.9 Å². The van der Waals surface area contributed by atoms with Gasteiger partial charge in [-0.1, -0.05) is 59.6 Å². The van der Waals surface area contributed by atoms with Gasteiger partial charge in [-0.2, -0.15) is 0 Å². The Morgan fingerprint density at radius 3 is 1.77 bits per heavy atom. The fraction of sp³-hybridized carbons (Fsp3) is 0.436. The highest BCUT2D eigenvalue weighted by molar-refractivity contribution is 6.39. The van der Waals surface area contributed by atoms with Crippen molar-refractivity contribution in [3.8, 4) is 33.6 Å². The van der Waals surface area contributed by atoms with Crippen LogP contribution in [-0.4, -0.2) is 99.3 Å². The van der Waals surface area contributed by atoms with Gasteiger partial charge in [-0.3, -0.25) is 24.6 Å². The first kappa shape index (κ1) is 37.1. The predicted octanol–water partition coefficient (Wildman–Crippen LogP) is 5.66. The summed E-state index contributed by atoms with van der Waals surface area (Å²) in [5.41, 5.74) is 5.93. The van der Waals surface area contributed by atoms with E-state index in [4.69, 9.17) is 43.1 Å². The number of nitrogens with one attached hydrogen (secondary N) is 4. The van der Waals surface area contributed by atoms with Crippen LogP contribution in [0.1, 0.15) is 50.9 Å². The van der Waals surface area contributed by atoms with E-state index in [-0.39, 0.29) is 17.0 Å². The van der Waals surface area contributed by atoms with Gasteiger partial charge in [0, 0.05) is 93.0 Å². The molecule has 4 aromatic rings. The van der Waals surface area contributed by atoms with Gasteiger partial charge in [-0.25, -0.2) is 9.97 Å². The SMILES string of the molecule is CCNc1nc(-c2cccc(-c3cccc(-c4cnc(CN5CC6(CCC(=O)N6)C5)c(NCC)n4)c3Cl)c2Cl)cnc1CN1CC(CCC=O)(NC)C1. The number of amides is 1. The number of rotatable bonds is 15. The summed E-state index contributed by atoms with van der Waals surface area (Å²) in [5, 5.41) is 14.4. The van der Waals surface area contributed by atoms with Crippen LogP contribution >= 0.6 is 23.2 Å². The summed E-state index contributed by atoms with van der Waals surface area (Å²) in [6.45, 7) is 10.1. The van der Waals surface area contributed by atoms with E-state index in [1.165, 1.54) is 0 Å². The van der Waals surface area contributed by atoms with Crippen LogP contribution in [0.2, 0.25) is 10.0 Å².